The zero-order valence-electron chi connectivity index (χ0n) is 8.71. The van der Waals surface area contributed by atoms with E-state index >= 15 is 0 Å². The van der Waals surface area contributed by atoms with Crippen molar-refractivity contribution in [2.75, 3.05) is 12.3 Å². The molecule has 0 spiro atoms. The first-order valence-electron chi connectivity index (χ1n) is 4.44. The van der Waals surface area contributed by atoms with Crippen LogP contribution in [0.25, 0.3) is 11.2 Å². The maximum absolute atomic E-state index is 11.4. The van der Waals surface area contributed by atoms with Crippen molar-refractivity contribution in [3.63, 3.8) is 0 Å². The number of H-pyrrole nitrogens is 1. The maximum atomic E-state index is 11.4. The minimum Gasteiger partial charge on any atom is -0.412 e. The molecule has 0 aliphatic heterocycles. The number of imidazole rings is 1. The molecule has 2 aromatic heterocycles. The minimum atomic E-state index is -0.406. The molecule has 0 saturated heterocycles. The molecule has 0 radical (unpaired) electrons. The lowest BCUT2D eigenvalue weighted by atomic mass is 10.5. The first-order chi connectivity index (χ1) is 7.72. The topological polar surface area (TPSA) is 147 Å². The maximum Gasteiger partial charge on any atom is 0.280 e. The van der Waals surface area contributed by atoms with E-state index < -0.39 is 5.56 Å². The number of ether oxygens (including phenoxy) is 1. The number of nitrogen functional groups attached to an aromatic ring is 1. The molecule has 9 nitrogen and oxygen atoms in total. The third-order valence-corrected chi connectivity index (χ3v) is 1.91. The Bertz CT molecular complexity index is 575. The normalized spacial score (nSPS) is 10.1. The Morgan fingerprint density at radius 1 is 1.59 bits per heavy atom. The molecular formula is C8H11N5O4. The number of hydrogen-bond acceptors (Lipinski definition) is 6. The number of carbonyl (C=O) groups is 1. The lowest BCUT2D eigenvalue weighted by molar-refractivity contribution is -0.113. The fraction of sp³-hybridized carbons (Fsp3) is 0.250. The van der Waals surface area contributed by atoms with E-state index in [1.54, 1.807) is 0 Å². The molecule has 0 atom stereocenters. The van der Waals surface area contributed by atoms with Gasteiger partial charge < -0.3 is 20.7 Å². The molecule has 0 amide bonds. The van der Waals surface area contributed by atoms with Gasteiger partial charge >= 0.3 is 0 Å². The number of nitrogens with zero attached hydrogens (tertiary/aromatic N) is 3. The third kappa shape index (κ3) is 2.46. The van der Waals surface area contributed by atoms with Crippen molar-refractivity contribution >= 4 is 23.4 Å². The number of anilines is 1. The van der Waals surface area contributed by atoms with Crippen LogP contribution >= 0.6 is 0 Å². The molecule has 0 unspecified atom stereocenters. The number of aromatic nitrogens is 4. The van der Waals surface area contributed by atoms with E-state index in [0.29, 0.717) is 11.9 Å². The highest BCUT2D eigenvalue weighted by Gasteiger charge is 2.08. The van der Waals surface area contributed by atoms with Gasteiger partial charge in [0, 0.05) is 0 Å². The van der Waals surface area contributed by atoms with Gasteiger partial charge in [0.25, 0.3) is 5.56 Å². The van der Waals surface area contributed by atoms with E-state index in [4.69, 9.17) is 10.5 Å². The molecule has 92 valence electrons. The van der Waals surface area contributed by atoms with Crippen LogP contribution in [0.2, 0.25) is 0 Å². The highest BCUT2D eigenvalue weighted by Crippen LogP contribution is 2.05. The summed E-state index contributed by atoms with van der Waals surface area (Å²) in [6, 6.07) is 0. The van der Waals surface area contributed by atoms with Crippen LogP contribution in [0.4, 0.5) is 5.95 Å². The first kappa shape index (κ1) is 12.8. The van der Waals surface area contributed by atoms with Gasteiger partial charge in [0.05, 0.1) is 6.33 Å². The second-order valence-corrected chi connectivity index (χ2v) is 3.00. The summed E-state index contributed by atoms with van der Waals surface area (Å²) in [6.07, 6.45) is 2.03. The first-order valence-corrected chi connectivity index (χ1v) is 4.44. The summed E-state index contributed by atoms with van der Waals surface area (Å²) >= 11 is 0. The summed E-state index contributed by atoms with van der Waals surface area (Å²) in [4.78, 5) is 31.6. The molecule has 0 saturated carbocycles. The van der Waals surface area contributed by atoms with E-state index in [2.05, 4.69) is 15.0 Å². The van der Waals surface area contributed by atoms with E-state index in [9.17, 15) is 9.59 Å². The number of nitrogens with one attached hydrogen (secondary N) is 1. The Morgan fingerprint density at radius 3 is 3.06 bits per heavy atom. The van der Waals surface area contributed by atoms with E-state index in [-0.39, 0.29) is 30.3 Å². The van der Waals surface area contributed by atoms with Gasteiger partial charge in [-0.3, -0.25) is 14.3 Å². The van der Waals surface area contributed by atoms with Crippen molar-refractivity contribution < 1.29 is 15.0 Å². The number of aldehydes is 1. The Balaban J connectivity index is 0.00000144. The second-order valence-electron chi connectivity index (χ2n) is 3.00. The van der Waals surface area contributed by atoms with Gasteiger partial charge in [-0.05, 0) is 0 Å². The Morgan fingerprint density at radius 2 is 2.35 bits per heavy atom. The van der Waals surface area contributed by atoms with Gasteiger partial charge in [-0.2, -0.15) is 4.98 Å². The lowest BCUT2D eigenvalue weighted by Gasteiger charge is -2.02. The highest BCUT2D eigenvalue weighted by molar-refractivity contribution is 5.70. The molecule has 0 bridgehead atoms. The van der Waals surface area contributed by atoms with Crippen molar-refractivity contribution in [3.05, 3.63) is 16.7 Å². The summed E-state index contributed by atoms with van der Waals surface area (Å²) < 4.78 is 6.47. The second kappa shape index (κ2) is 5.18. The monoisotopic (exact) mass is 241 g/mol. The summed E-state index contributed by atoms with van der Waals surface area (Å²) in [5.41, 5.74) is 5.51. The highest BCUT2D eigenvalue weighted by atomic mass is 16.5. The number of rotatable bonds is 4. The van der Waals surface area contributed by atoms with Crippen LogP contribution in [0.5, 0.6) is 0 Å². The average molecular weight is 241 g/mol. The Labute approximate surface area is 94.5 Å². The van der Waals surface area contributed by atoms with Gasteiger partial charge in [-0.25, -0.2) is 4.98 Å². The Kier molecular flexibility index (Phi) is 3.91. The van der Waals surface area contributed by atoms with Crippen LogP contribution in [0.1, 0.15) is 0 Å². The van der Waals surface area contributed by atoms with Crippen molar-refractivity contribution in [2.24, 2.45) is 0 Å². The fourth-order valence-corrected chi connectivity index (χ4v) is 1.26. The van der Waals surface area contributed by atoms with Gasteiger partial charge in [0.15, 0.2) is 11.2 Å². The van der Waals surface area contributed by atoms with E-state index in [1.807, 2.05) is 0 Å². The van der Waals surface area contributed by atoms with Crippen molar-refractivity contribution in [2.45, 2.75) is 6.73 Å². The predicted molar refractivity (Wildman–Crippen MR) is 58.2 cm³/mol. The number of hydrogen-bond donors (Lipinski definition) is 2. The van der Waals surface area contributed by atoms with Crippen LogP contribution in [-0.4, -0.2) is 37.9 Å². The van der Waals surface area contributed by atoms with E-state index in [0.717, 1.165) is 0 Å². The quantitative estimate of drug-likeness (QED) is 0.469. The predicted octanol–water partition coefficient (Wildman–Crippen LogP) is -1.95. The van der Waals surface area contributed by atoms with Gasteiger partial charge in [-0.15, -0.1) is 0 Å². The smallest absolute Gasteiger partial charge is 0.280 e. The van der Waals surface area contributed by atoms with Gasteiger partial charge in [-0.1, -0.05) is 0 Å². The van der Waals surface area contributed by atoms with Crippen LogP contribution < -0.4 is 11.3 Å². The van der Waals surface area contributed by atoms with Crippen molar-refractivity contribution in [1.82, 2.24) is 19.5 Å². The third-order valence-electron chi connectivity index (χ3n) is 1.91. The zero-order valence-corrected chi connectivity index (χ0v) is 8.71. The molecule has 2 rings (SSSR count). The summed E-state index contributed by atoms with van der Waals surface area (Å²) in [5, 5.41) is 0. The number of nitrogens with two attached hydrogens (primary N) is 1. The summed E-state index contributed by atoms with van der Waals surface area (Å²) in [5.74, 6) is 0.00892. The van der Waals surface area contributed by atoms with Gasteiger partial charge in [0.2, 0.25) is 5.95 Å². The minimum absolute atomic E-state index is 0. The fourth-order valence-electron chi connectivity index (χ4n) is 1.26. The van der Waals surface area contributed by atoms with Crippen LogP contribution in [0.15, 0.2) is 11.1 Å². The molecule has 0 aromatic carbocycles. The number of fused-ring (bicyclic) bond motifs is 1. The average Bonchev–Trinajstić information content (AvgIpc) is 2.62. The summed E-state index contributed by atoms with van der Waals surface area (Å²) in [6.45, 7) is 0.0590. The van der Waals surface area contributed by atoms with Crippen LogP contribution in [0.3, 0.4) is 0 Å². The summed E-state index contributed by atoms with van der Waals surface area (Å²) in [7, 11) is 0. The standard InChI is InChI=1S/C8H9N5O3.H2O/c9-8-11-6-5(7(15)12-8)10-3-13(6)4-16-2-1-14;/h1,3H,2,4H2,(H3,9,11,12,15);1H2. The Hall–Kier alpha value is -2.26. The molecule has 5 N–H and O–H groups in total. The molecule has 0 aliphatic rings. The van der Waals surface area contributed by atoms with E-state index in [1.165, 1.54) is 10.9 Å². The molecular weight excluding hydrogens is 230 g/mol. The number of aromatic amines is 1. The number of carbonyl (C=O) groups excluding carboxylic acids is 1. The van der Waals surface area contributed by atoms with Crippen LogP contribution in [0, 0.1) is 0 Å². The van der Waals surface area contributed by atoms with Crippen molar-refractivity contribution in [1.29, 1.82) is 0 Å². The molecule has 17 heavy (non-hydrogen) atoms. The SMILES string of the molecule is Nc1nc2c(ncn2COCC=O)c(=O)[nH]1.O. The van der Waals surface area contributed by atoms with Crippen molar-refractivity contribution in [3.8, 4) is 0 Å². The molecule has 0 fully saturated rings. The molecule has 0 aliphatic carbocycles. The lowest BCUT2D eigenvalue weighted by Crippen LogP contribution is -2.12. The molecule has 2 heterocycles. The largest absolute Gasteiger partial charge is 0.412 e. The van der Waals surface area contributed by atoms with Gasteiger partial charge in [0.1, 0.15) is 19.6 Å². The molecule has 9 heteroatoms. The van der Waals surface area contributed by atoms with Crippen LogP contribution in [-0.2, 0) is 16.3 Å². The molecule has 2 aromatic rings. The zero-order chi connectivity index (χ0) is 11.5.